The Morgan fingerprint density at radius 2 is 1.17 bits per heavy atom. The maximum atomic E-state index is 14.1. The summed E-state index contributed by atoms with van der Waals surface area (Å²) in [5.74, 6) is -1.88. The molecule has 0 heterocycles. The van der Waals surface area contributed by atoms with Gasteiger partial charge in [-0.25, -0.2) is 21.6 Å². The van der Waals surface area contributed by atoms with Crippen LogP contribution in [0.15, 0.2) is 79.2 Å². The molecule has 0 radical (unpaired) electrons. The monoisotopic (exact) mass is 756 g/mol. The number of ether oxygens (including phenoxy) is 2. The van der Waals surface area contributed by atoms with Gasteiger partial charge in [-0.1, -0.05) is 0 Å². The van der Waals surface area contributed by atoms with Gasteiger partial charge in [-0.15, -0.1) is 8.73 Å². The number of hydrogen-bond acceptors (Lipinski definition) is 12. The van der Waals surface area contributed by atoms with Crippen LogP contribution in [0.3, 0.4) is 0 Å². The van der Waals surface area contributed by atoms with E-state index in [1.807, 2.05) is 6.07 Å². The van der Waals surface area contributed by atoms with Gasteiger partial charge in [-0.2, -0.15) is 21.0 Å². The average Bonchev–Trinajstić information content (AvgIpc) is 3.63. The topological polar surface area (TPSA) is 207 Å². The lowest BCUT2D eigenvalue weighted by Crippen LogP contribution is -2.11. The van der Waals surface area contributed by atoms with Gasteiger partial charge >= 0.3 is 0 Å². The molecule has 0 spiro atoms. The van der Waals surface area contributed by atoms with Crippen LogP contribution in [0.5, 0.6) is 23.0 Å². The Morgan fingerprint density at radius 1 is 0.698 bits per heavy atom. The summed E-state index contributed by atoms with van der Waals surface area (Å²) in [6.07, 6.45) is 3.88. The van der Waals surface area contributed by atoms with Gasteiger partial charge in [0.1, 0.15) is 34.6 Å². The van der Waals surface area contributed by atoms with Crippen LogP contribution in [0, 0.1) is 57.2 Å². The van der Waals surface area contributed by atoms with E-state index in [4.69, 9.17) is 30.5 Å². The molecule has 2 aliphatic rings. The Kier molecular flexibility index (Phi) is 10.7. The number of benzene rings is 4. The van der Waals surface area contributed by atoms with Gasteiger partial charge in [0.25, 0.3) is 0 Å². The molecule has 4 aromatic rings. The van der Waals surface area contributed by atoms with Crippen molar-refractivity contribution in [1.82, 2.24) is 0 Å². The van der Waals surface area contributed by atoms with Crippen LogP contribution in [0.2, 0.25) is 0 Å². The summed E-state index contributed by atoms with van der Waals surface area (Å²) in [6, 6.07) is 16.2. The first-order valence-corrected chi connectivity index (χ1v) is 19.0. The molecule has 53 heavy (non-hydrogen) atoms. The predicted octanol–water partition coefficient (Wildman–Crippen LogP) is 7.06. The number of halogens is 3. The Hall–Kier alpha value is -6.53. The number of rotatable bonds is 6. The minimum atomic E-state index is -3.23. The highest BCUT2D eigenvalue weighted by molar-refractivity contribution is 7.93. The van der Waals surface area contributed by atoms with E-state index in [0.29, 0.717) is 17.7 Å². The van der Waals surface area contributed by atoms with E-state index in [1.165, 1.54) is 61.3 Å². The lowest BCUT2D eigenvalue weighted by atomic mass is 10.1. The first-order valence-electron chi connectivity index (χ1n) is 15.1. The van der Waals surface area contributed by atoms with E-state index in [1.54, 1.807) is 6.07 Å². The van der Waals surface area contributed by atoms with Crippen LogP contribution < -0.4 is 9.47 Å². The number of nitriles is 4. The molecule has 0 bridgehead atoms. The number of fused-ring (bicyclic) bond motifs is 2. The van der Waals surface area contributed by atoms with Crippen LogP contribution in [0.1, 0.15) is 49.4 Å². The van der Waals surface area contributed by atoms with Crippen LogP contribution >= 0.6 is 0 Å². The fourth-order valence-electron chi connectivity index (χ4n) is 5.74. The van der Waals surface area contributed by atoms with Gasteiger partial charge < -0.3 is 9.47 Å². The molecule has 0 fully saturated rings. The summed E-state index contributed by atoms with van der Waals surface area (Å²) in [7, 11) is -6.27. The van der Waals surface area contributed by atoms with Crippen LogP contribution in [0.25, 0.3) is 0 Å². The third kappa shape index (κ3) is 7.87. The Balaban J connectivity index is 0.000000204. The highest BCUT2D eigenvalue weighted by Gasteiger charge is 2.37. The number of Topliss-reactive ketones (excluding diaryl/α,β-unsaturated/α-hetero) is 2. The molecule has 3 unspecified atom stereocenters. The lowest BCUT2D eigenvalue weighted by Gasteiger charge is -2.14. The van der Waals surface area contributed by atoms with Gasteiger partial charge in [-0.3, -0.25) is 9.59 Å². The molecule has 6 rings (SSSR count). The Labute approximate surface area is 301 Å². The van der Waals surface area contributed by atoms with E-state index < -0.39 is 43.0 Å². The third-order valence-corrected chi connectivity index (χ3v) is 11.1. The van der Waals surface area contributed by atoms with Gasteiger partial charge in [0.15, 0.2) is 17.7 Å². The van der Waals surface area contributed by atoms with Crippen molar-refractivity contribution >= 4 is 31.0 Å². The first-order chi connectivity index (χ1) is 25.1. The van der Waals surface area contributed by atoms with Crippen LogP contribution in [-0.4, -0.2) is 38.7 Å². The summed E-state index contributed by atoms with van der Waals surface area (Å²) in [5.41, 5.74) is 0.943. The Bertz CT molecular complexity index is 2670. The highest BCUT2D eigenvalue weighted by Crippen LogP contribution is 2.40. The standard InChI is InChI=1S/C18H11F2N3O3S.C18H12FN3O3S/c1-27(25,23-9-22)16-3-2-15(13-7-14(20)18(24)17(13)16)26-12-5-10(8-21)4-11(19)6-12;1-26(24,22-10-21)17-5-4-16(14-2-3-15(23)18(14)17)25-13-7-11(9-20)6-12(19)8-13/h2-6,14H,7H2,1H3;4-8H,2-3H2,1H3. The summed E-state index contributed by atoms with van der Waals surface area (Å²) in [6.45, 7) is 0. The second kappa shape index (κ2) is 15.0. The molecule has 0 aromatic heterocycles. The number of carbonyl (C=O) groups excluding carboxylic acids is 2. The van der Waals surface area contributed by atoms with Crippen molar-refractivity contribution in [3.8, 4) is 47.5 Å². The number of alkyl halides is 1. The molecule has 2 aliphatic carbocycles. The minimum Gasteiger partial charge on any atom is -0.457 e. The molecule has 12 nitrogen and oxygen atoms in total. The van der Waals surface area contributed by atoms with Crippen molar-refractivity contribution in [3.05, 3.63) is 106 Å². The molecule has 0 saturated carbocycles. The first kappa shape index (κ1) is 37.7. The predicted molar refractivity (Wildman–Crippen MR) is 182 cm³/mol. The van der Waals surface area contributed by atoms with E-state index in [2.05, 4.69) is 8.73 Å². The highest BCUT2D eigenvalue weighted by atomic mass is 32.2. The normalized spacial score (nSPS) is 16.1. The summed E-state index contributed by atoms with van der Waals surface area (Å²) >= 11 is 0. The quantitative estimate of drug-likeness (QED) is 0.183. The molecule has 3 atom stereocenters. The second-order valence-corrected chi connectivity index (χ2v) is 16.0. The third-order valence-electron chi connectivity index (χ3n) is 7.96. The van der Waals surface area contributed by atoms with Gasteiger partial charge in [0.2, 0.25) is 12.4 Å². The zero-order valence-electron chi connectivity index (χ0n) is 27.6. The molecule has 17 heteroatoms. The molecule has 0 saturated heterocycles. The van der Waals surface area contributed by atoms with Gasteiger partial charge in [0.05, 0.1) is 52.5 Å². The van der Waals surface area contributed by atoms with Crippen LogP contribution in [-0.2, 0) is 32.3 Å². The van der Waals surface area contributed by atoms with E-state index >= 15 is 0 Å². The smallest absolute Gasteiger partial charge is 0.214 e. The lowest BCUT2D eigenvalue weighted by molar-refractivity contribution is 0.0896. The second-order valence-electron chi connectivity index (χ2n) is 11.6. The van der Waals surface area contributed by atoms with Crippen molar-refractivity contribution in [2.45, 2.75) is 35.2 Å². The fraction of sp³-hybridized carbons (Fsp3) is 0.167. The molecule has 4 aromatic carbocycles. The van der Waals surface area contributed by atoms with Crippen molar-refractivity contribution < 1.29 is 40.7 Å². The van der Waals surface area contributed by atoms with Crippen molar-refractivity contribution in [1.29, 1.82) is 21.0 Å². The maximum absolute atomic E-state index is 14.1. The zero-order valence-corrected chi connectivity index (χ0v) is 29.2. The average molecular weight is 757 g/mol. The fourth-order valence-corrected chi connectivity index (χ4v) is 8.10. The SMILES string of the molecule is CS(=O)(=NC#N)c1ccc(Oc2cc(F)cc(C#N)c2)c2c1C(=O)C(F)C2.CS(=O)(=NC#N)c1ccc(Oc2cc(F)cc(C#N)c2)c2c1C(=O)CC2. The largest absolute Gasteiger partial charge is 0.457 e. The van der Waals surface area contributed by atoms with Gasteiger partial charge in [-0.05, 0) is 55.0 Å². The molecular formula is C36H23F3N6O6S2. The molecular weight excluding hydrogens is 734 g/mol. The van der Waals surface area contributed by atoms with Crippen molar-refractivity contribution in [2.75, 3.05) is 12.5 Å². The molecule has 0 N–H and O–H groups in total. The zero-order chi connectivity index (χ0) is 38.7. The summed E-state index contributed by atoms with van der Waals surface area (Å²) in [5, 5.41) is 35.3. The summed E-state index contributed by atoms with van der Waals surface area (Å²) < 4.78 is 84.5. The summed E-state index contributed by atoms with van der Waals surface area (Å²) in [4.78, 5) is 24.7. The van der Waals surface area contributed by atoms with Crippen LogP contribution in [0.4, 0.5) is 13.2 Å². The molecule has 0 aliphatic heterocycles. The number of hydrogen-bond donors (Lipinski definition) is 0. The number of ketones is 2. The van der Waals surface area contributed by atoms with Gasteiger partial charge in [0, 0.05) is 59.7 Å². The van der Waals surface area contributed by atoms with E-state index in [-0.39, 0.29) is 73.5 Å². The van der Waals surface area contributed by atoms with E-state index in [9.17, 15) is 31.2 Å². The maximum Gasteiger partial charge on any atom is 0.214 e. The Morgan fingerprint density at radius 3 is 1.64 bits per heavy atom. The number of carbonyl (C=O) groups is 2. The number of nitrogens with zero attached hydrogens (tertiary/aromatic N) is 6. The molecule has 0 amide bonds. The minimum absolute atomic E-state index is 0.00444. The van der Waals surface area contributed by atoms with Crippen molar-refractivity contribution in [2.24, 2.45) is 8.73 Å². The van der Waals surface area contributed by atoms with E-state index in [0.717, 1.165) is 24.3 Å². The van der Waals surface area contributed by atoms with Crippen molar-refractivity contribution in [3.63, 3.8) is 0 Å². The molecule has 266 valence electrons.